The highest BCUT2D eigenvalue weighted by molar-refractivity contribution is 5.77. The summed E-state index contributed by atoms with van der Waals surface area (Å²) in [6.07, 6.45) is 0.246. The number of hydrogen-bond donors (Lipinski definition) is 6. The first kappa shape index (κ1) is 20.1. The third kappa shape index (κ3) is 13.9. The molecule has 0 aliphatic rings. The van der Waals surface area contributed by atoms with Gasteiger partial charge in [-0.05, 0) is 12.8 Å². The number of carboxylic acids is 2. The Labute approximate surface area is 115 Å². The number of aliphatic carboxylic acids is 2. The van der Waals surface area contributed by atoms with Crippen LogP contribution in [0.15, 0.2) is 0 Å². The summed E-state index contributed by atoms with van der Waals surface area (Å²) in [5.74, 6) is -3.28. The van der Waals surface area contributed by atoms with Crippen molar-refractivity contribution in [2.45, 2.75) is 37.8 Å². The van der Waals surface area contributed by atoms with Gasteiger partial charge in [0.1, 0.15) is 12.1 Å². The maximum atomic E-state index is 10.1. The monoisotopic (exact) mass is 292 g/mol. The largest absolute Gasteiger partial charge is 0.480 e. The number of carboxylic acid groups (broad SMARTS) is 2. The molecule has 0 fully saturated rings. The van der Waals surface area contributed by atoms with E-state index in [0.29, 0.717) is 0 Å². The lowest BCUT2D eigenvalue weighted by Crippen LogP contribution is -2.31. The van der Waals surface area contributed by atoms with Crippen molar-refractivity contribution >= 4 is 23.8 Å². The van der Waals surface area contributed by atoms with Crippen LogP contribution in [-0.2, 0) is 19.2 Å². The van der Waals surface area contributed by atoms with Crippen LogP contribution in [0.2, 0.25) is 0 Å². The predicted octanol–water partition coefficient (Wildman–Crippen LogP) is -2.67. The zero-order valence-corrected chi connectivity index (χ0v) is 10.8. The second kappa shape index (κ2) is 10.7. The molecule has 2 atom stereocenters. The molecule has 10 N–H and O–H groups in total. The summed E-state index contributed by atoms with van der Waals surface area (Å²) >= 11 is 0. The Morgan fingerprint density at radius 1 is 0.750 bits per heavy atom. The van der Waals surface area contributed by atoms with Gasteiger partial charge in [0.15, 0.2) is 0 Å². The fraction of sp³-hybridized carbons (Fsp3) is 0.600. The Kier molecular flexibility index (Phi) is 10.8. The molecular formula is C10H20N4O6. The molecule has 2 amide bonds. The van der Waals surface area contributed by atoms with E-state index in [2.05, 4.69) is 0 Å². The summed E-state index contributed by atoms with van der Waals surface area (Å²) in [6.45, 7) is 0. The van der Waals surface area contributed by atoms with Crippen molar-refractivity contribution in [3.05, 3.63) is 0 Å². The van der Waals surface area contributed by atoms with E-state index in [4.69, 9.17) is 33.1 Å². The minimum atomic E-state index is -1.11. The van der Waals surface area contributed by atoms with Crippen molar-refractivity contribution in [2.75, 3.05) is 0 Å². The molecule has 2 unspecified atom stereocenters. The molecule has 0 aromatic heterocycles. The van der Waals surface area contributed by atoms with Gasteiger partial charge in [-0.15, -0.1) is 0 Å². The normalized spacial score (nSPS) is 12.5. The predicted molar refractivity (Wildman–Crippen MR) is 68.1 cm³/mol. The third-order valence-corrected chi connectivity index (χ3v) is 2.04. The van der Waals surface area contributed by atoms with Gasteiger partial charge < -0.3 is 33.1 Å². The highest BCUT2D eigenvalue weighted by Gasteiger charge is 2.12. The van der Waals surface area contributed by atoms with Gasteiger partial charge in [0, 0.05) is 12.8 Å². The maximum Gasteiger partial charge on any atom is 0.320 e. The third-order valence-electron chi connectivity index (χ3n) is 2.04. The van der Waals surface area contributed by atoms with E-state index in [1.54, 1.807) is 0 Å². The first-order chi connectivity index (χ1) is 9.07. The molecule has 20 heavy (non-hydrogen) atoms. The summed E-state index contributed by atoms with van der Waals surface area (Å²) < 4.78 is 0. The molecule has 0 saturated heterocycles. The fourth-order valence-corrected chi connectivity index (χ4v) is 0.842. The van der Waals surface area contributed by atoms with Gasteiger partial charge in [0.2, 0.25) is 11.8 Å². The molecule has 0 aromatic rings. The molecule has 0 aliphatic carbocycles. The summed E-state index contributed by atoms with van der Waals surface area (Å²) in [6, 6.07) is -1.96. The molecule has 0 radical (unpaired) electrons. The van der Waals surface area contributed by atoms with Crippen LogP contribution in [-0.4, -0.2) is 46.0 Å². The lowest BCUT2D eigenvalue weighted by atomic mass is 10.2. The molecule has 10 heteroatoms. The highest BCUT2D eigenvalue weighted by atomic mass is 16.4. The van der Waals surface area contributed by atoms with E-state index in [0.717, 1.165) is 0 Å². The molecule has 0 aromatic carbocycles. The Morgan fingerprint density at radius 2 is 1.00 bits per heavy atom. The van der Waals surface area contributed by atoms with E-state index >= 15 is 0 Å². The number of carbonyl (C=O) groups excluding carboxylic acids is 2. The Morgan fingerprint density at radius 3 is 1.15 bits per heavy atom. The number of carbonyl (C=O) groups is 4. The minimum Gasteiger partial charge on any atom is -0.480 e. The van der Waals surface area contributed by atoms with Crippen LogP contribution in [0.25, 0.3) is 0 Å². The summed E-state index contributed by atoms with van der Waals surface area (Å²) in [5.41, 5.74) is 19.6. The smallest absolute Gasteiger partial charge is 0.320 e. The number of primary amides is 2. The van der Waals surface area contributed by atoms with Gasteiger partial charge in [-0.3, -0.25) is 19.2 Å². The van der Waals surface area contributed by atoms with Gasteiger partial charge in [-0.1, -0.05) is 0 Å². The van der Waals surface area contributed by atoms with Crippen LogP contribution in [0.3, 0.4) is 0 Å². The van der Waals surface area contributed by atoms with Crippen molar-refractivity contribution in [1.82, 2.24) is 0 Å². The van der Waals surface area contributed by atoms with Gasteiger partial charge in [0.25, 0.3) is 0 Å². The lowest BCUT2D eigenvalue weighted by molar-refractivity contribution is -0.139. The zero-order valence-electron chi connectivity index (χ0n) is 10.8. The van der Waals surface area contributed by atoms with Crippen LogP contribution >= 0.6 is 0 Å². The second-order valence-electron chi connectivity index (χ2n) is 3.90. The van der Waals surface area contributed by atoms with Gasteiger partial charge >= 0.3 is 11.9 Å². The molecule has 10 nitrogen and oxygen atoms in total. The number of rotatable bonds is 8. The van der Waals surface area contributed by atoms with Gasteiger partial charge in [-0.25, -0.2) is 0 Å². The van der Waals surface area contributed by atoms with Crippen molar-refractivity contribution in [3.8, 4) is 0 Å². The summed E-state index contributed by atoms with van der Waals surface area (Å²) in [4.78, 5) is 40.3. The quantitative estimate of drug-likeness (QED) is 0.276. The lowest BCUT2D eigenvalue weighted by Gasteiger charge is -2.01. The van der Waals surface area contributed by atoms with Crippen LogP contribution < -0.4 is 22.9 Å². The molecule has 0 saturated carbocycles. The fourth-order valence-electron chi connectivity index (χ4n) is 0.842. The molecule has 0 aliphatic heterocycles. The Balaban J connectivity index is 0. The van der Waals surface area contributed by atoms with Crippen molar-refractivity contribution in [3.63, 3.8) is 0 Å². The summed E-state index contributed by atoms with van der Waals surface area (Å²) in [7, 11) is 0. The van der Waals surface area contributed by atoms with Gasteiger partial charge in [0.05, 0.1) is 0 Å². The maximum absolute atomic E-state index is 10.1. The van der Waals surface area contributed by atoms with E-state index in [1.807, 2.05) is 0 Å². The van der Waals surface area contributed by atoms with Crippen molar-refractivity contribution in [1.29, 1.82) is 0 Å². The first-order valence-corrected chi connectivity index (χ1v) is 5.61. The average molecular weight is 292 g/mol. The zero-order chi connectivity index (χ0) is 16.3. The highest BCUT2D eigenvalue weighted by Crippen LogP contribution is 1.93. The van der Waals surface area contributed by atoms with Crippen LogP contribution in [0.5, 0.6) is 0 Å². The van der Waals surface area contributed by atoms with Crippen molar-refractivity contribution < 1.29 is 29.4 Å². The standard InChI is InChI=1S/2C5H10N2O3/c2*6-3(5(9)10)1-2-4(7)8/h2*3H,1-2,6H2,(H2,7,8)(H,9,10). The van der Waals surface area contributed by atoms with E-state index in [9.17, 15) is 19.2 Å². The molecule has 0 rings (SSSR count). The first-order valence-electron chi connectivity index (χ1n) is 5.61. The van der Waals surface area contributed by atoms with E-state index < -0.39 is 35.8 Å². The van der Waals surface area contributed by atoms with Crippen molar-refractivity contribution in [2.24, 2.45) is 22.9 Å². The average Bonchev–Trinajstić information content (AvgIpc) is 2.33. The molecular weight excluding hydrogens is 272 g/mol. The number of amides is 2. The van der Waals surface area contributed by atoms with Gasteiger partial charge in [-0.2, -0.15) is 0 Å². The molecule has 116 valence electrons. The number of nitrogens with two attached hydrogens (primary N) is 4. The number of hydrogen-bond acceptors (Lipinski definition) is 6. The molecule has 0 bridgehead atoms. The van der Waals surface area contributed by atoms with Crippen LogP contribution in [0, 0.1) is 0 Å². The Bertz CT molecular complexity index is 326. The molecule has 0 heterocycles. The SMILES string of the molecule is NC(=O)CCC(N)C(=O)O.NC(=O)CCC(N)C(=O)O. The minimum absolute atomic E-state index is 0.0213. The topological polar surface area (TPSA) is 213 Å². The summed E-state index contributed by atoms with van der Waals surface area (Å²) in [5, 5.41) is 16.4. The second-order valence-corrected chi connectivity index (χ2v) is 3.90. The van der Waals surface area contributed by atoms with Crippen LogP contribution in [0.1, 0.15) is 25.7 Å². The van der Waals surface area contributed by atoms with Crippen LogP contribution in [0.4, 0.5) is 0 Å². The van der Waals surface area contributed by atoms with E-state index in [-0.39, 0.29) is 25.7 Å². The molecule has 0 spiro atoms. The Hall–Kier alpha value is -2.20. The van der Waals surface area contributed by atoms with E-state index in [1.165, 1.54) is 0 Å².